The number of benzene rings is 1. The first-order chi connectivity index (χ1) is 14.1. The molecule has 2 aromatic heterocycles. The van der Waals surface area contributed by atoms with Crippen LogP contribution in [0, 0.1) is 6.92 Å². The van der Waals surface area contributed by atoms with Crippen molar-refractivity contribution in [3.05, 3.63) is 52.5 Å². The Balaban J connectivity index is 1.56. The number of amides is 1. The summed E-state index contributed by atoms with van der Waals surface area (Å²) in [6.07, 6.45) is -2.27. The Morgan fingerprint density at radius 1 is 1.20 bits per heavy atom. The number of carbonyl (C=O) groups excluding carboxylic acids is 1. The SMILES string of the molecule is Cc1onc(C(C)C)c1C(=O)Nc1ccc(-c2cc3c(cc2Cl)OC(F)(F)O3)cn1. The van der Waals surface area contributed by atoms with Crippen molar-refractivity contribution in [3.63, 3.8) is 0 Å². The average molecular weight is 436 g/mol. The molecule has 0 saturated carbocycles. The molecule has 1 aliphatic rings. The van der Waals surface area contributed by atoms with E-state index in [1.807, 2.05) is 13.8 Å². The van der Waals surface area contributed by atoms with Gasteiger partial charge in [0.05, 0.1) is 10.7 Å². The van der Waals surface area contributed by atoms with E-state index in [1.54, 1.807) is 19.1 Å². The number of pyridine rings is 1. The van der Waals surface area contributed by atoms with Gasteiger partial charge in [-0.2, -0.15) is 0 Å². The Hall–Kier alpha value is -3.20. The Morgan fingerprint density at radius 2 is 1.90 bits per heavy atom. The van der Waals surface area contributed by atoms with Crippen LogP contribution in [0.25, 0.3) is 11.1 Å². The first-order valence-electron chi connectivity index (χ1n) is 8.98. The van der Waals surface area contributed by atoms with E-state index in [4.69, 9.17) is 16.1 Å². The van der Waals surface area contributed by atoms with Crippen LogP contribution < -0.4 is 14.8 Å². The van der Waals surface area contributed by atoms with Gasteiger partial charge in [-0.05, 0) is 31.0 Å². The summed E-state index contributed by atoms with van der Waals surface area (Å²) in [7, 11) is 0. The van der Waals surface area contributed by atoms with Crippen LogP contribution in [0.1, 0.15) is 41.6 Å². The van der Waals surface area contributed by atoms with Gasteiger partial charge in [-0.1, -0.05) is 30.6 Å². The highest BCUT2D eigenvalue weighted by Crippen LogP contribution is 2.46. The van der Waals surface area contributed by atoms with Gasteiger partial charge >= 0.3 is 6.29 Å². The van der Waals surface area contributed by atoms with Gasteiger partial charge in [-0.3, -0.25) is 4.79 Å². The van der Waals surface area contributed by atoms with Crippen LogP contribution >= 0.6 is 11.6 Å². The first-order valence-corrected chi connectivity index (χ1v) is 9.36. The van der Waals surface area contributed by atoms with Crippen molar-refractivity contribution in [2.45, 2.75) is 33.0 Å². The van der Waals surface area contributed by atoms with Crippen LogP contribution in [0.5, 0.6) is 11.5 Å². The molecule has 156 valence electrons. The van der Waals surface area contributed by atoms with Crippen molar-refractivity contribution < 1.29 is 27.6 Å². The first kappa shape index (κ1) is 20.1. The summed E-state index contributed by atoms with van der Waals surface area (Å²) in [5, 5.41) is 6.82. The summed E-state index contributed by atoms with van der Waals surface area (Å²) >= 11 is 6.20. The Kier molecular flexibility index (Phi) is 4.85. The summed E-state index contributed by atoms with van der Waals surface area (Å²) < 4.78 is 40.5. The van der Waals surface area contributed by atoms with E-state index in [9.17, 15) is 13.6 Å². The van der Waals surface area contributed by atoms with Gasteiger partial charge in [-0.25, -0.2) is 4.98 Å². The molecule has 10 heteroatoms. The number of fused-ring (bicyclic) bond motifs is 1. The lowest BCUT2D eigenvalue weighted by atomic mass is 10.0. The minimum Gasteiger partial charge on any atom is -0.395 e. The highest BCUT2D eigenvalue weighted by molar-refractivity contribution is 6.33. The predicted octanol–water partition coefficient (Wildman–Crippen LogP) is 5.40. The molecule has 0 aliphatic carbocycles. The zero-order valence-electron chi connectivity index (χ0n) is 16.1. The van der Waals surface area contributed by atoms with Crippen LogP contribution in [0.15, 0.2) is 35.0 Å². The van der Waals surface area contributed by atoms with E-state index < -0.39 is 6.29 Å². The number of nitrogens with zero attached hydrogens (tertiary/aromatic N) is 2. The molecule has 0 unspecified atom stereocenters. The molecule has 0 bridgehead atoms. The summed E-state index contributed by atoms with van der Waals surface area (Å²) in [6, 6.07) is 5.82. The normalized spacial score (nSPS) is 14.2. The molecule has 0 spiro atoms. The molecule has 0 fully saturated rings. The number of carbonyl (C=O) groups is 1. The van der Waals surface area contributed by atoms with E-state index in [0.29, 0.717) is 34.0 Å². The monoisotopic (exact) mass is 435 g/mol. The molecule has 0 saturated heterocycles. The number of anilines is 1. The van der Waals surface area contributed by atoms with E-state index in [-0.39, 0.29) is 28.3 Å². The molecular weight excluding hydrogens is 420 g/mol. The number of aromatic nitrogens is 2. The van der Waals surface area contributed by atoms with Gasteiger partial charge in [-0.15, -0.1) is 8.78 Å². The number of rotatable bonds is 4. The molecule has 1 amide bonds. The van der Waals surface area contributed by atoms with Gasteiger partial charge in [0.25, 0.3) is 5.91 Å². The average Bonchev–Trinajstić information content (AvgIpc) is 3.19. The maximum Gasteiger partial charge on any atom is 0.586 e. The predicted molar refractivity (Wildman–Crippen MR) is 104 cm³/mol. The van der Waals surface area contributed by atoms with Crippen molar-refractivity contribution in [2.24, 2.45) is 0 Å². The molecular formula is C20H16ClF2N3O4. The van der Waals surface area contributed by atoms with Gasteiger partial charge in [0.2, 0.25) is 0 Å². The van der Waals surface area contributed by atoms with Crippen molar-refractivity contribution >= 4 is 23.3 Å². The summed E-state index contributed by atoms with van der Waals surface area (Å²) in [5.41, 5.74) is 1.91. The van der Waals surface area contributed by atoms with Crippen molar-refractivity contribution in [1.82, 2.24) is 10.1 Å². The molecule has 0 radical (unpaired) electrons. The number of ether oxygens (including phenoxy) is 2. The summed E-state index contributed by atoms with van der Waals surface area (Å²) in [6.45, 7) is 5.48. The zero-order valence-corrected chi connectivity index (χ0v) is 16.9. The van der Waals surface area contributed by atoms with Crippen molar-refractivity contribution in [2.75, 3.05) is 5.32 Å². The third-order valence-corrected chi connectivity index (χ3v) is 4.78. The van der Waals surface area contributed by atoms with Crippen molar-refractivity contribution in [3.8, 4) is 22.6 Å². The molecule has 1 aliphatic heterocycles. The number of halogens is 3. The molecule has 0 atom stereocenters. The number of hydrogen-bond donors (Lipinski definition) is 1. The lowest BCUT2D eigenvalue weighted by molar-refractivity contribution is -0.286. The molecule has 1 N–H and O–H groups in total. The second-order valence-corrected chi connectivity index (χ2v) is 7.39. The van der Waals surface area contributed by atoms with E-state index >= 15 is 0 Å². The molecule has 30 heavy (non-hydrogen) atoms. The van der Waals surface area contributed by atoms with Crippen LogP contribution in [0.3, 0.4) is 0 Å². The topological polar surface area (TPSA) is 86.5 Å². The van der Waals surface area contributed by atoms with Gasteiger partial charge in [0, 0.05) is 23.4 Å². The third kappa shape index (κ3) is 3.68. The fourth-order valence-corrected chi connectivity index (χ4v) is 3.32. The fraction of sp³-hybridized carbons (Fsp3) is 0.250. The number of aryl methyl sites for hydroxylation is 1. The smallest absolute Gasteiger partial charge is 0.395 e. The van der Waals surface area contributed by atoms with Crippen LogP contribution in [0.2, 0.25) is 5.02 Å². The third-order valence-electron chi connectivity index (χ3n) is 4.47. The maximum atomic E-state index is 13.2. The lowest BCUT2D eigenvalue weighted by Crippen LogP contribution is -2.25. The van der Waals surface area contributed by atoms with Gasteiger partial charge in [0.15, 0.2) is 11.5 Å². The standard InChI is InChI=1S/C20H16ClF2N3O4/c1-9(2)18-17(10(3)30-26-18)19(27)25-16-5-4-11(8-24-16)12-6-14-15(7-13(12)21)29-20(22,23)28-14/h4-9H,1-3H3,(H,24,25,27). The number of nitrogens with one attached hydrogen (secondary N) is 1. The van der Waals surface area contributed by atoms with Crippen LogP contribution in [-0.4, -0.2) is 22.3 Å². The summed E-state index contributed by atoms with van der Waals surface area (Å²) in [4.78, 5) is 16.9. The second kappa shape index (κ2) is 7.24. The van der Waals surface area contributed by atoms with Gasteiger partial charge < -0.3 is 19.3 Å². The van der Waals surface area contributed by atoms with Crippen LogP contribution in [0.4, 0.5) is 14.6 Å². The quantitative estimate of drug-likeness (QED) is 0.590. The molecule has 3 aromatic rings. The highest BCUT2D eigenvalue weighted by Gasteiger charge is 2.43. The maximum absolute atomic E-state index is 13.2. The largest absolute Gasteiger partial charge is 0.586 e. The van der Waals surface area contributed by atoms with E-state index in [2.05, 4.69) is 24.9 Å². The van der Waals surface area contributed by atoms with E-state index in [1.165, 1.54) is 18.3 Å². The molecule has 1 aromatic carbocycles. The number of hydrogen-bond acceptors (Lipinski definition) is 6. The Labute approximate surface area is 174 Å². The van der Waals surface area contributed by atoms with Crippen LogP contribution in [-0.2, 0) is 0 Å². The molecule has 4 rings (SSSR count). The Morgan fingerprint density at radius 3 is 2.53 bits per heavy atom. The minimum atomic E-state index is -3.73. The molecule has 7 nitrogen and oxygen atoms in total. The molecule has 3 heterocycles. The highest BCUT2D eigenvalue weighted by atomic mass is 35.5. The van der Waals surface area contributed by atoms with E-state index in [0.717, 1.165) is 0 Å². The zero-order chi connectivity index (χ0) is 21.6. The Bertz CT molecular complexity index is 1130. The summed E-state index contributed by atoms with van der Waals surface area (Å²) in [5.74, 6) is 0.0656. The fourth-order valence-electron chi connectivity index (χ4n) is 3.06. The minimum absolute atomic E-state index is 0.0130. The van der Waals surface area contributed by atoms with Gasteiger partial charge in [0.1, 0.15) is 17.1 Å². The van der Waals surface area contributed by atoms with Crippen molar-refractivity contribution in [1.29, 1.82) is 0 Å². The lowest BCUT2D eigenvalue weighted by Gasteiger charge is -2.09. The second-order valence-electron chi connectivity index (χ2n) is 6.99. The number of alkyl halides is 2.